The summed E-state index contributed by atoms with van der Waals surface area (Å²) in [6, 6.07) is 4.57. The van der Waals surface area contributed by atoms with Gasteiger partial charge in [0.05, 0.1) is 11.5 Å². The van der Waals surface area contributed by atoms with Crippen molar-refractivity contribution in [2.45, 2.75) is 51.1 Å². The van der Waals surface area contributed by atoms with Gasteiger partial charge in [-0.25, -0.2) is 8.78 Å². The quantitative estimate of drug-likeness (QED) is 0.691. The number of aromatic nitrogens is 1. The summed E-state index contributed by atoms with van der Waals surface area (Å²) in [5.41, 5.74) is 0.00279. The largest absolute Gasteiger partial charge is 0.355 e. The molecule has 1 aromatic carbocycles. The number of carbonyl (C=O) groups is 2. The molecule has 2 amide bonds. The average molecular weight is 475 g/mol. The van der Waals surface area contributed by atoms with Gasteiger partial charge in [0, 0.05) is 51.4 Å². The van der Waals surface area contributed by atoms with E-state index in [0.29, 0.717) is 24.9 Å². The second-order valence-corrected chi connectivity index (χ2v) is 9.57. The summed E-state index contributed by atoms with van der Waals surface area (Å²) in [4.78, 5) is 30.0. The molecular weight excluding hydrogens is 442 g/mol. The predicted molar refractivity (Wildman–Crippen MR) is 123 cm³/mol. The van der Waals surface area contributed by atoms with Crippen molar-refractivity contribution in [3.05, 3.63) is 41.6 Å². The minimum atomic E-state index is -0.801. The van der Waals surface area contributed by atoms with Gasteiger partial charge in [-0.15, -0.1) is 0 Å². The van der Waals surface area contributed by atoms with E-state index in [9.17, 15) is 18.4 Å². The van der Waals surface area contributed by atoms with Crippen LogP contribution in [0.25, 0.3) is 11.3 Å². The number of nitrogens with zero attached hydrogens (tertiary/aromatic N) is 3. The third-order valence-corrected chi connectivity index (χ3v) is 7.27. The summed E-state index contributed by atoms with van der Waals surface area (Å²) in [6.45, 7) is 3.64. The Kier molecular flexibility index (Phi) is 7.30. The van der Waals surface area contributed by atoms with Gasteiger partial charge in [0.25, 0.3) is 5.91 Å². The van der Waals surface area contributed by atoms with Crippen molar-refractivity contribution in [3.63, 3.8) is 0 Å². The van der Waals surface area contributed by atoms with Crippen LogP contribution in [-0.2, 0) is 4.79 Å². The van der Waals surface area contributed by atoms with Crippen LogP contribution < -0.4 is 5.32 Å². The SMILES string of the molecule is CC[C@@H]1CCC[C@H]1N1CC[C@H](NC(=O)c2cc(-c3ccc(F)cc3F)on2)[C@@H](C(=O)N(C)C)C1. The molecule has 2 aliphatic rings. The maximum atomic E-state index is 14.1. The number of likely N-dealkylation sites (tertiary alicyclic amines) is 1. The van der Waals surface area contributed by atoms with Crippen molar-refractivity contribution >= 4 is 11.8 Å². The molecule has 1 aliphatic carbocycles. The van der Waals surface area contributed by atoms with Crippen molar-refractivity contribution in [1.29, 1.82) is 0 Å². The zero-order valence-corrected chi connectivity index (χ0v) is 19.9. The van der Waals surface area contributed by atoms with E-state index in [1.807, 2.05) is 0 Å². The standard InChI is InChI=1S/C25H32F2N4O3/c1-4-15-6-5-7-22(15)31-11-10-20(18(14-31)25(33)30(2)3)28-24(32)21-13-23(34-29-21)17-9-8-16(26)12-19(17)27/h8-9,12-13,15,18,20,22H,4-7,10-11,14H2,1-3H3,(H,28,32)/t15-,18+,20+,22-/m1/s1. The molecule has 1 aliphatic heterocycles. The van der Waals surface area contributed by atoms with Crippen LogP contribution in [0.1, 0.15) is 49.5 Å². The zero-order valence-electron chi connectivity index (χ0n) is 19.9. The van der Waals surface area contributed by atoms with Gasteiger partial charge in [-0.05, 0) is 37.3 Å². The molecule has 2 aromatic rings. The number of halogens is 2. The molecule has 4 rings (SSSR count). The molecule has 0 bridgehead atoms. The summed E-state index contributed by atoms with van der Waals surface area (Å²) in [7, 11) is 3.46. The van der Waals surface area contributed by atoms with E-state index in [1.165, 1.54) is 25.0 Å². The highest BCUT2D eigenvalue weighted by Gasteiger charge is 2.41. The van der Waals surface area contributed by atoms with Crippen LogP contribution in [0.4, 0.5) is 8.78 Å². The molecule has 0 unspecified atom stereocenters. The van der Waals surface area contributed by atoms with E-state index < -0.39 is 17.5 Å². The summed E-state index contributed by atoms with van der Waals surface area (Å²) in [5.74, 6) is -1.69. The molecule has 2 fully saturated rings. The van der Waals surface area contributed by atoms with Gasteiger partial charge in [0.1, 0.15) is 11.6 Å². The van der Waals surface area contributed by atoms with Crippen molar-refractivity contribution in [2.75, 3.05) is 27.2 Å². The lowest BCUT2D eigenvalue weighted by molar-refractivity contribution is -0.136. The molecule has 1 N–H and O–H groups in total. The van der Waals surface area contributed by atoms with Crippen LogP contribution in [-0.4, -0.2) is 66.0 Å². The number of carbonyl (C=O) groups excluding carboxylic acids is 2. The van der Waals surface area contributed by atoms with Crippen molar-refractivity contribution in [1.82, 2.24) is 20.3 Å². The number of piperidine rings is 1. The first-order valence-corrected chi connectivity index (χ1v) is 12.0. The number of nitrogens with one attached hydrogen (secondary N) is 1. The van der Waals surface area contributed by atoms with E-state index >= 15 is 0 Å². The van der Waals surface area contributed by atoms with Crippen molar-refractivity contribution in [3.8, 4) is 11.3 Å². The Morgan fingerprint density at radius 3 is 2.71 bits per heavy atom. The Balaban J connectivity index is 1.48. The number of amides is 2. The zero-order chi connectivity index (χ0) is 24.4. The third-order valence-electron chi connectivity index (χ3n) is 7.27. The first kappa shape index (κ1) is 24.3. The van der Waals surface area contributed by atoms with Crippen molar-refractivity contribution in [2.24, 2.45) is 11.8 Å². The highest BCUT2D eigenvalue weighted by Crippen LogP contribution is 2.35. The van der Waals surface area contributed by atoms with E-state index in [0.717, 1.165) is 31.5 Å². The van der Waals surface area contributed by atoms with Crippen LogP contribution in [0.15, 0.2) is 28.8 Å². The summed E-state index contributed by atoms with van der Waals surface area (Å²) < 4.78 is 32.4. The molecule has 2 heterocycles. The first-order chi connectivity index (χ1) is 16.3. The lowest BCUT2D eigenvalue weighted by Gasteiger charge is -2.43. The number of benzene rings is 1. The van der Waals surface area contributed by atoms with E-state index in [4.69, 9.17) is 4.52 Å². The van der Waals surface area contributed by atoms with Crippen LogP contribution in [0.3, 0.4) is 0 Å². The van der Waals surface area contributed by atoms with E-state index in [1.54, 1.807) is 19.0 Å². The Bertz CT molecular complexity index is 1040. The number of hydrogen-bond donors (Lipinski definition) is 1. The predicted octanol–water partition coefficient (Wildman–Crippen LogP) is 3.71. The van der Waals surface area contributed by atoms with E-state index in [-0.39, 0.29) is 34.9 Å². The topological polar surface area (TPSA) is 78.7 Å². The number of hydrogen-bond acceptors (Lipinski definition) is 5. The van der Waals surface area contributed by atoms with Gasteiger partial charge >= 0.3 is 0 Å². The molecule has 1 saturated heterocycles. The maximum absolute atomic E-state index is 14.1. The fourth-order valence-corrected chi connectivity index (χ4v) is 5.45. The molecule has 0 spiro atoms. The van der Waals surface area contributed by atoms with Gasteiger partial charge < -0.3 is 14.7 Å². The van der Waals surface area contributed by atoms with Gasteiger partial charge in [-0.1, -0.05) is 24.9 Å². The van der Waals surface area contributed by atoms with Gasteiger partial charge in [-0.2, -0.15) is 0 Å². The van der Waals surface area contributed by atoms with Crippen LogP contribution >= 0.6 is 0 Å². The normalized spacial score (nSPS) is 25.3. The second-order valence-electron chi connectivity index (χ2n) is 9.57. The van der Waals surface area contributed by atoms with Gasteiger partial charge in [0.2, 0.25) is 5.91 Å². The highest BCUT2D eigenvalue weighted by atomic mass is 19.1. The lowest BCUT2D eigenvalue weighted by Crippen LogP contribution is -2.58. The molecule has 0 radical (unpaired) electrons. The first-order valence-electron chi connectivity index (χ1n) is 12.0. The summed E-state index contributed by atoms with van der Waals surface area (Å²) in [5, 5.41) is 6.73. The highest BCUT2D eigenvalue weighted by molar-refractivity contribution is 5.94. The Morgan fingerprint density at radius 2 is 2.00 bits per heavy atom. The van der Waals surface area contributed by atoms with Gasteiger partial charge in [0.15, 0.2) is 11.5 Å². The second kappa shape index (κ2) is 10.2. The molecule has 1 aromatic heterocycles. The molecular formula is C25H32F2N4O3. The average Bonchev–Trinajstić information content (AvgIpc) is 3.48. The van der Waals surface area contributed by atoms with Crippen LogP contribution in [0, 0.1) is 23.5 Å². The van der Waals surface area contributed by atoms with E-state index in [2.05, 4.69) is 22.3 Å². The van der Waals surface area contributed by atoms with Crippen molar-refractivity contribution < 1.29 is 22.9 Å². The Labute approximate surface area is 198 Å². The lowest BCUT2D eigenvalue weighted by atomic mass is 9.88. The molecule has 184 valence electrons. The maximum Gasteiger partial charge on any atom is 0.273 e. The molecule has 7 nitrogen and oxygen atoms in total. The minimum Gasteiger partial charge on any atom is -0.355 e. The van der Waals surface area contributed by atoms with Crippen LogP contribution in [0.5, 0.6) is 0 Å². The van der Waals surface area contributed by atoms with Gasteiger partial charge in [-0.3, -0.25) is 14.5 Å². The molecule has 34 heavy (non-hydrogen) atoms. The Hall–Kier alpha value is -2.81. The summed E-state index contributed by atoms with van der Waals surface area (Å²) in [6.07, 6.45) is 5.39. The fraction of sp³-hybridized carbons (Fsp3) is 0.560. The smallest absolute Gasteiger partial charge is 0.273 e. The fourth-order valence-electron chi connectivity index (χ4n) is 5.45. The molecule has 4 atom stereocenters. The minimum absolute atomic E-state index is 0.0148. The monoisotopic (exact) mass is 474 g/mol. The molecule has 9 heteroatoms. The Morgan fingerprint density at radius 1 is 1.21 bits per heavy atom. The third kappa shape index (κ3) is 4.99. The molecule has 1 saturated carbocycles. The van der Waals surface area contributed by atoms with Crippen LogP contribution in [0.2, 0.25) is 0 Å². The summed E-state index contributed by atoms with van der Waals surface area (Å²) >= 11 is 0. The number of rotatable bonds is 6.